The van der Waals surface area contributed by atoms with Gasteiger partial charge in [-0.15, -0.1) is 0 Å². The first-order valence-corrected chi connectivity index (χ1v) is 9.50. The third-order valence-electron chi connectivity index (χ3n) is 5.22. The molecule has 0 radical (unpaired) electrons. The summed E-state index contributed by atoms with van der Waals surface area (Å²) in [6.07, 6.45) is 6.28. The Hall–Kier alpha value is -2.66. The van der Waals surface area contributed by atoms with E-state index < -0.39 is 0 Å². The van der Waals surface area contributed by atoms with Crippen molar-refractivity contribution in [2.45, 2.75) is 19.3 Å². The van der Waals surface area contributed by atoms with E-state index in [2.05, 4.69) is 9.97 Å². The molecule has 0 unspecified atom stereocenters. The number of piperidine rings is 1. The van der Waals surface area contributed by atoms with Gasteiger partial charge in [0.15, 0.2) is 0 Å². The molecule has 27 heavy (non-hydrogen) atoms. The van der Waals surface area contributed by atoms with Gasteiger partial charge in [0.1, 0.15) is 0 Å². The summed E-state index contributed by atoms with van der Waals surface area (Å²) in [4.78, 5) is 33.2. The molecule has 1 fully saturated rings. The second-order valence-electron chi connectivity index (χ2n) is 6.99. The summed E-state index contributed by atoms with van der Waals surface area (Å²) in [5.74, 6) is 0.477. The number of amides is 1. The number of benzene rings is 1. The number of pyridine rings is 2. The molecule has 1 aliphatic rings. The topological polar surface area (TPSA) is 66.1 Å². The average molecular weight is 382 g/mol. The quantitative estimate of drug-likeness (QED) is 0.752. The first kappa shape index (κ1) is 17.7. The van der Waals surface area contributed by atoms with Gasteiger partial charge in [0, 0.05) is 36.9 Å². The number of fused-ring (bicyclic) bond motifs is 1. The number of likely N-dealkylation sites (tertiary alicyclic amines) is 1. The fourth-order valence-electron chi connectivity index (χ4n) is 3.74. The largest absolute Gasteiger partial charge is 0.339 e. The minimum Gasteiger partial charge on any atom is -0.339 e. The van der Waals surface area contributed by atoms with Crippen molar-refractivity contribution in [2.24, 2.45) is 5.92 Å². The maximum atomic E-state index is 13.1. The highest BCUT2D eigenvalue weighted by Crippen LogP contribution is 2.29. The number of hydrogen-bond acceptors (Lipinski definition) is 3. The summed E-state index contributed by atoms with van der Waals surface area (Å²) in [6.45, 7) is 1.42. The van der Waals surface area contributed by atoms with Gasteiger partial charge in [0.05, 0.1) is 16.1 Å². The molecule has 138 valence electrons. The molecule has 0 atom stereocenters. The normalized spacial score (nSPS) is 15.2. The van der Waals surface area contributed by atoms with Crippen LogP contribution >= 0.6 is 11.6 Å². The molecule has 3 aromatic rings. The first-order valence-electron chi connectivity index (χ1n) is 9.12. The van der Waals surface area contributed by atoms with Crippen LogP contribution in [0.3, 0.4) is 0 Å². The lowest BCUT2D eigenvalue weighted by atomic mass is 9.90. The van der Waals surface area contributed by atoms with Crippen LogP contribution in [0.2, 0.25) is 5.02 Å². The Morgan fingerprint density at radius 3 is 2.74 bits per heavy atom. The smallest absolute Gasteiger partial charge is 0.256 e. The predicted molar refractivity (Wildman–Crippen MR) is 106 cm³/mol. The zero-order chi connectivity index (χ0) is 18.8. The van der Waals surface area contributed by atoms with Gasteiger partial charge >= 0.3 is 0 Å². The van der Waals surface area contributed by atoms with Crippen LogP contribution in [-0.2, 0) is 6.42 Å². The van der Waals surface area contributed by atoms with Crippen LogP contribution in [0.1, 0.15) is 28.8 Å². The summed E-state index contributed by atoms with van der Waals surface area (Å²) in [5.41, 5.74) is 2.36. The van der Waals surface area contributed by atoms with Gasteiger partial charge in [-0.1, -0.05) is 23.7 Å². The molecule has 0 saturated carbocycles. The van der Waals surface area contributed by atoms with Gasteiger partial charge in [0.25, 0.3) is 5.91 Å². The molecule has 6 heteroatoms. The average Bonchev–Trinajstić information content (AvgIpc) is 2.70. The molecule has 5 nitrogen and oxygen atoms in total. The number of hydrogen-bond donors (Lipinski definition) is 1. The van der Waals surface area contributed by atoms with Crippen molar-refractivity contribution in [1.82, 2.24) is 14.9 Å². The van der Waals surface area contributed by atoms with Crippen molar-refractivity contribution in [3.8, 4) is 0 Å². The van der Waals surface area contributed by atoms with Crippen molar-refractivity contribution in [1.29, 1.82) is 0 Å². The zero-order valence-corrected chi connectivity index (χ0v) is 15.6. The highest BCUT2D eigenvalue weighted by atomic mass is 35.5. The number of aromatic nitrogens is 2. The molecule has 1 aliphatic heterocycles. The highest BCUT2D eigenvalue weighted by Gasteiger charge is 2.26. The molecular formula is C21H20ClN3O2. The molecule has 1 saturated heterocycles. The van der Waals surface area contributed by atoms with E-state index in [1.807, 2.05) is 29.2 Å². The number of nitrogens with one attached hydrogen (secondary N) is 1. The maximum absolute atomic E-state index is 13.1. The summed E-state index contributed by atoms with van der Waals surface area (Å²) in [6, 6.07) is 10.7. The number of rotatable bonds is 3. The summed E-state index contributed by atoms with van der Waals surface area (Å²) >= 11 is 6.36. The summed E-state index contributed by atoms with van der Waals surface area (Å²) < 4.78 is 0. The number of carbonyl (C=O) groups excluding carboxylic acids is 1. The third-order valence-corrected chi connectivity index (χ3v) is 5.54. The first-order chi connectivity index (χ1) is 13.1. The van der Waals surface area contributed by atoms with Gasteiger partial charge in [-0.3, -0.25) is 14.6 Å². The Kier molecular flexibility index (Phi) is 4.94. The van der Waals surface area contributed by atoms with Crippen LogP contribution < -0.4 is 5.56 Å². The fraction of sp³-hybridized carbons (Fsp3) is 0.286. The monoisotopic (exact) mass is 381 g/mol. The third kappa shape index (κ3) is 3.74. The van der Waals surface area contributed by atoms with Gasteiger partial charge in [-0.25, -0.2) is 0 Å². The van der Waals surface area contributed by atoms with E-state index >= 15 is 0 Å². The minimum atomic E-state index is -0.0828. The minimum absolute atomic E-state index is 0.0268. The van der Waals surface area contributed by atoms with Gasteiger partial charge in [-0.05, 0) is 48.9 Å². The number of H-pyrrole nitrogens is 1. The van der Waals surface area contributed by atoms with E-state index in [1.165, 1.54) is 0 Å². The molecule has 3 heterocycles. The predicted octanol–water partition coefficient (Wildman–Crippen LogP) is 3.67. The van der Waals surface area contributed by atoms with Crippen LogP contribution in [0.4, 0.5) is 0 Å². The lowest BCUT2D eigenvalue weighted by Crippen LogP contribution is -2.39. The van der Waals surface area contributed by atoms with Gasteiger partial charge in [-0.2, -0.15) is 0 Å². The number of aromatic amines is 1. The maximum Gasteiger partial charge on any atom is 0.256 e. The van der Waals surface area contributed by atoms with Crippen molar-refractivity contribution in [3.05, 3.63) is 75.3 Å². The molecule has 1 N–H and O–H groups in total. The number of halogens is 1. The molecule has 0 aliphatic carbocycles. The van der Waals surface area contributed by atoms with Crippen molar-refractivity contribution in [3.63, 3.8) is 0 Å². The number of carbonyl (C=O) groups is 1. The van der Waals surface area contributed by atoms with E-state index in [1.54, 1.807) is 24.5 Å². The molecular weight excluding hydrogens is 362 g/mol. The molecule has 4 rings (SSSR count). The molecule has 2 aromatic heterocycles. The molecule has 1 aromatic carbocycles. The lowest BCUT2D eigenvalue weighted by molar-refractivity contribution is 0.0692. The van der Waals surface area contributed by atoms with E-state index in [4.69, 9.17) is 11.6 Å². The van der Waals surface area contributed by atoms with Crippen LogP contribution in [-0.4, -0.2) is 33.9 Å². The second kappa shape index (κ2) is 7.53. The summed E-state index contributed by atoms with van der Waals surface area (Å²) in [5, 5.41) is 1.27. The Labute approximate surface area is 162 Å². The Morgan fingerprint density at radius 1 is 1.19 bits per heavy atom. The van der Waals surface area contributed by atoms with Crippen molar-refractivity contribution < 1.29 is 4.79 Å². The molecule has 0 spiro atoms. The van der Waals surface area contributed by atoms with E-state index in [0.29, 0.717) is 29.6 Å². The van der Waals surface area contributed by atoms with Gasteiger partial charge < -0.3 is 9.88 Å². The van der Waals surface area contributed by atoms with Gasteiger partial charge in [0.2, 0.25) is 5.56 Å². The van der Waals surface area contributed by atoms with Crippen molar-refractivity contribution in [2.75, 3.05) is 13.1 Å². The lowest BCUT2D eigenvalue weighted by Gasteiger charge is -2.32. The van der Waals surface area contributed by atoms with E-state index in [9.17, 15) is 9.59 Å². The SMILES string of the molecule is O=C(c1c(Cl)ccc2ncccc12)N1CCC(Cc2ccc(=O)[nH]c2)CC1. The fourth-order valence-corrected chi connectivity index (χ4v) is 3.99. The Bertz CT molecular complexity index is 1020. The van der Waals surface area contributed by atoms with Crippen LogP contribution in [0.25, 0.3) is 10.9 Å². The molecule has 0 bridgehead atoms. The van der Waals surface area contributed by atoms with Crippen LogP contribution in [0.15, 0.2) is 53.6 Å². The van der Waals surface area contributed by atoms with E-state index in [-0.39, 0.29) is 11.5 Å². The second-order valence-corrected chi connectivity index (χ2v) is 7.40. The Morgan fingerprint density at radius 2 is 2.00 bits per heavy atom. The summed E-state index contributed by atoms with van der Waals surface area (Å²) in [7, 11) is 0. The zero-order valence-electron chi connectivity index (χ0n) is 14.8. The highest BCUT2D eigenvalue weighted by molar-refractivity contribution is 6.35. The van der Waals surface area contributed by atoms with Crippen LogP contribution in [0, 0.1) is 5.92 Å². The van der Waals surface area contributed by atoms with E-state index in [0.717, 1.165) is 35.7 Å². The Balaban J connectivity index is 1.47. The molecule has 1 amide bonds. The van der Waals surface area contributed by atoms with Crippen molar-refractivity contribution >= 4 is 28.4 Å². The van der Waals surface area contributed by atoms with Crippen LogP contribution in [0.5, 0.6) is 0 Å². The standard InChI is InChI=1S/C21H20ClN3O2/c22-17-4-5-18-16(2-1-9-23-18)20(17)21(27)25-10-7-14(8-11-25)12-15-3-6-19(26)24-13-15/h1-6,9,13-14H,7-8,10-12H2,(H,24,26). The number of nitrogens with zero attached hydrogens (tertiary/aromatic N) is 2.